The molecule has 0 atom stereocenters. The highest BCUT2D eigenvalue weighted by Gasteiger charge is 2.23. The number of rotatable bonds is 7. The second kappa shape index (κ2) is 9.76. The third-order valence-corrected chi connectivity index (χ3v) is 7.05. The lowest BCUT2D eigenvalue weighted by atomic mass is 9.86. The Labute approximate surface area is 200 Å². The Bertz CT molecular complexity index is 1380. The monoisotopic (exact) mass is 502 g/mol. The summed E-state index contributed by atoms with van der Waals surface area (Å²) in [6.45, 7) is 5.85. The lowest BCUT2D eigenvalue weighted by Gasteiger charge is -2.20. The van der Waals surface area contributed by atoms with Gasteiger partial charge in [-0.05, 0) is 41.3 Å². The first kappa shape index (κ1) is 25.1. The second-order valence-electron chi connectivity index (χ2n) is 8.24. The molecular weight excluding hydrogens is 480 g/mol. The predicted octanol–water partition coefficient (Wildman–Crippen LogP) is 4.09. The van der Waals surface area contributed by atoms with Crippen molar-refractivity contribution in [1.82, 2.24) is 9.71 Å². The Kier molecular flexibility index (Phi) is 7.21. The van der Waals surface area contributed by atoms with E-state index in [1.807, 2.05) is 26.8 Å². The number of sulfonamides is 1. The molecular formula is C22H22N4O6S2. The van der Waals surface area contributed by atoms with Gasteiger partial charge in [0.05, 0.1) is 21.2 Å². The first-order chi connectivity index (χ1) is 15.9. The number of carboxylic acid groups (broad SMARTS) is 1. The summed E-state index contributed by atoms with van der Waals surface area (Å²) in [5.74, 6) is -0.327. The van der Waals surface area contributed by atoms with E-state index in [9.17, 15) is 18.0 Å². The summed E-state index contributed by atoms with van der Waals surface area (Å²) < 4.78 is 32.2. The maximum absolute atomic E-state index is 12.7. The fourth-order valence-corrected chi connectivity index (χ4v) is 5.02. The van der Waals surface area contributed by atoms with E-state index in [1.54, 1.807) is 12.1 Å². The number of benzene rings is 2. The molecule has 1 heterocycles. The minimum atomic E-state index is -3.78. The summed E-state index contributed by atoms with van der Waals surface area (Å²) in [4.78, 5) is 28.2. The Morgan fingerprint density at radius 1 is 1.21 bits per heavy atom. The van der Waals surface area contributed by atoms with Crippen molar-refractivity contribution in [3.8, 4) is 11.8 Å². The third-order valence-electron chi connectivity index (χ3n) is 4.66. The fourth-order valence-electron chi connectivity index (χ4n) is 3.07. The summed E-state index contributed by atoms with van der Waals surface area (Å²) >= 11 is 1.16. The van der Waals surface area contributed by atoms with E-state index in [4.69, 9.17) is 15.1 Å². The van der Waals surface area contributed by atoms with Gasteiger partial charge in [-0.15, -0.1) is 0 Å². The summed E-state index contributed by atoms with van der Waals surface area (Å²) in [6.07, 6.45) is -1.38. The van der Waals surface area contributed by atoms with E-state index in [-0.39, 0.29) is 34.6 Å². The molecule has 1 amide bonds. The number of nitriles is 1. The number of thiazole rings is 1. The summed E-state index contributed by atoms with van der Waals surface area (Å²) in [6, 6.07) is 10.4. The van der Waals surface area contributed by atoms with Crippen LogP contribution in [0.4, 0.5) is 9.93 Å². The second-order valence-corrected chi connectivity index (χ2v) is 11.0. The minimum absolute atomic E-state index is 0.00551. The van der Waals surface area contributed by atoms with Crippen LogP contribution in [-0.2, 0) is 15.4 Å². The molecule has 1 aromatic heterocycles. The number of nitrogens with zero attached hydrogens (tertiary/aromatic N) is 2. The van der Waals surface area contributed by atoms with Gasteiger partial charge in [0.1, 0.15) is 5.75 Å². The average Bonchev–Trinajstić information content (AvgIpc) is 3.14. The van der Waals surface area contributed by atoms with Crippen molar-refractivity contribution >= 4 is 48.8 Å². The maximum atomic E-state index is 12.7. The number of amides is 1. The molecule has 10 nitrogen and oxygen atoms in total. The third kappa shape index (κ3) is 5.88. The zero-order valence-electron chi connectivity index (χ0n) is 18.6. The molecule has 0 aliphatic rings. The van der Waals surface area contributed by atoms with Crippen molar-refractivity contribution in [1.29, 1.82) is 5.26 Å². The number of hydrogen-bond donors (Lipinski definition) is 3. The fraction of sp³-hybridized carbons (Fsp3) is 0.273. The summed E-state index contributed by atoms with van der Waals surface area (Å²) in [5, 5.41) is 20.5. The zero-order valence-corrected chi connectivity index (χ0v) is 20.2. The Morgan fingerprint density at radius 3 is 2.47 bits per heavy atom. The average molecular weight is 503 g/mol. The van der Waals surface area contributed by atoms with Crippen LogP contribution in [0.25, 0.3) is 10.2 Å². The van der Waals surface area contributed by atoms with Crippen LogP contribution < -0.4 is 14.8 Å². The first-order valence-corrected chi connectivity index (χ1v) is 12.3. The van der Waals surface area contributed by atoms with Gasteiger partial charge in [0, 0.05) is 24.6 Å². The molecule has 0 fully saturated rings. The topological polar surface area (TPSA) is 158 Å². The molecule has 0 bridgehead atoms. The largest absolute Gasteiger partial charge is 0.511 e. The SMILES string of the molecule is CC(C)(C)c1cc(OC(=O)O)cc2sc(NC(=O)c3ccc(S(=O)(=O)NCCC#N)cc3)nc12. The van der Waals surface area contributed by atoms with Crippen LogP contribution in [0, 0.1) is 11.3 Å². The number of hydrogen-bond acceptors (Lipinski definition) is 8. The van der Waals surface area contributed by atoms with Gasteiger partial charge in [0.25, 0.3) is 5.91 Å². The van der Waals surface area contributed by atoms with Gasteiger partial charge < -0.3 is 9.84 Å². The van der Waals surface area contributed by atoms with Crippen molar-refractivity contribution in [3.05, 3.63) is 47.5 Å². The molecule has 178 valence electrons. The standard InChI is InChI=1S/C22H22N4O6S2/c1-22(2,3)16-11-14(32-21(28)29)12-17-18(16)25-20(33-17)26-19(27)13-5-7-15(8-6-13)34(30,31)24-10-4-9-23/h5-8,11-12,24H,4,10H2,1-3H3,(H,28,29)(H,25,26,27). The van der Waals surface area contributed by atoms with Crippen LogP contribution in [0.5, 0.6) is 5.75 Å². The molecule has 3 N–H and O–H groups in total. The molecule has 0 saturated carbocycles. The van der Waals surface area contributed by atoms with Crippen molar-refractivity contribution in [2.24, 2.45) is 0 Å². The van der Waals surface area contributed by atoms with Gasteiger partial charge in [0.2, 0.25) is 10.0 Å². The van der Waals surface area contributed by atoms with E-state index < -0.39 is 22.1 Å². The molecule has 0 unspecified atom stereocenters. The van der Waals surface area contributed by atoms with E-state index in [0.717, 1.165) is 16.9 Å². The molecule has 0 aliphatic heterocycles. The van der Waals surface area contributed by atoms with E-state index in [1.165, 1.54) is 24.3 Å². The van der Waals surface area contributed by atoms with E-state index >= 15 is 0 Å². The molecule has 0 aliphatic carbocycles. The van der Waals surface area contributed by atoms with Gasteiger partial charge >= 0.3 is 6.16 Å². The van der Waals surface area contributed by atoms with Crippen LogP contribution in [0.1, 0.15) is 43.1 Å². The van der Waals surface area contributed by atoms with Gasteiger partial charge in [-0.25, -0.2) is 22.9 Å². The summed E-state index contributed by atoms with van der Waals surface area (Å²) in [7, 11) is -3.78. The van der Waals surface area contributed by atoms with Gasteiger partial charge in [-0.2, -0.15) is 5.26 Å². The van der Waals surface area contributed by atoms with Crippen molar-refractivity contribution in [3.63, 3.8) is 0 Å². The number of anilines is 1. The quantitative estimate of drug-likeness (QED) is 0.247. The maximum Gasteiger partial charge on any atom is 0.511 e. The smallest absolute Gasteiger partial charge is 0.449 e. The molecule has 0 saturated heterocycles. The number of carbonyl (C=O) groups excluding carboxylic acids is 1. The van der Waals surface area contributed by atoms with Crippen LogP contribution >= 0.6 is 11.3 Å². The van der Waals surface area contributed by atoms with E-state index in [0.29, 0.717) is 15.3 Å². The Morgan fingerprint density at radius 2 is 1.88 bits per heavy atom. The molecule has 3 rings (SSSR count). The van der Waals surface area contributed by atoms with Crippen molar-refractivity contribution < 1.29 is 27.9 Å². The van der Waals surface area contributed by atoms with Crippen molar-refractivity contribution in [2.75, 3.05) is 11.9 Å². The van der Waals surface area contributed by atoms with Crippen LogP contribution in [0.3, 0.4) is 0 Å². The minimum Gasteiger partial charge on any atom is -0.449 e. The normalized spacial score (nSPS) is 11.7. The molecule has 2 aromatic carbocycles. The highest BCUT2D eigenvalue weighted by Crippen LogP contribution is 2.38. The highest BCUT2D eigenvalue weighted by atomic mass is 32.2. The van der Waals surface area contributed by atoms with Crippen LogP contribution in [0.2, 0.25) is 0 Å². The van der Waals surface area contributed by atoms with Crippen LogP contribution in [-0.4, -0.2) is 37.1 Å². The lowest BCUT2D eigenvalue weighted by Crippen LogP contribution is -2.24. The molecule has 3 aromatic rings. The zero-order chi connectivity index (χ0) is 25.1. The molecule has 12 heteroatoms. The van der Waals surface area contributed by atoms with Crippen molar-refractivity contribution in [2.45, 2.75) is 37.5 Å². The van der Waals surface area contributed by atoms with Gasteiger partial charge in [0.15, 0.2) is 5.13 Å². The van der Waals surface area contributed by atoms with Gasteiger partial charge in [-0.1, -0.05) is 32.1 Å². The highest BCUT2D eigenvalue weighted by molar-refractivity contribution is 7.89. The Balaban J connectivity index is 1.84. The van der Waals surface area contributed by atoms with Gasteiger partial charge in [-0.3, -0.25) is 10.1 Å². The van der Waals surface area contributed by atoms with Crippen LogP contribution in [0.15, 0.2) is 41.3 Å². The summed E-state index contributed by atoms with van der Waals surface area (Å²) in [5.41, 5.74) is 1.24. The number of ether oxygens (including phenoxy) is 1. The Hall–Kier alpha value is -3.53. The lowest BCUT2D eigenvalue weighted by molar-refractivity contribution is 0.102. The predicted molar refractivity (Wildman–Crippen MR) is 127 cm³/mol. The number of carbonyl (C=O) groups is 2. The first-order valence-electron chi connectivity index (χ1n) is 10.0. The number of nitrogens with one attached hydrogen (secondary N) is 2. The molecule has 34 heavy (non-hydrogen) atoms. The number of fused-ring (bicyclic) bond motifs is 1. The molecule has 0 spiro atoms. The molecule has 0 radical (unpaired) electrons. The number of aromatic nitrogens is 1. The van der Waals surface area contributed by atoms with E-state index in [2.05, 4.69) is 15.0 Å².